The minimum atomic E-state index is -0.861. The Labute approximate surface area is 249 Å². The van der Waals surface area contributed by atoms with Crippen LogP contribution in [0.4, 0.5) is 0 Å². The molecule has 0 spiro atoms. The number of carbonyl (C=O) groups is 1. The van der Waals surface area contributed by atoms with Gasteiger partial charge in [-0.25, -0.2) is 0 Å². The van der Waals surface area contributed by atoms with Crippen LogP contribution in [-0.4, -0.2) is 34.9 Å². The van der Waals surface area contributed by atoms with Crippen molar-refractivity contribution >= 4 is 5.91 Å². The van der Waals surface area contributed by atoms with Gasteiger partial charge in [0.05, 0.1) is 18.8 Å². The smallest absolute Gasteiger partial charge is 0.220 e. The molecule has 0 bridgehead atoms. The average Bonchev–Trinajstić information content (AvgIpc) is 2.96. The number of unbranched alkanes of at least 4 members (excludes halogenated alkanes) is 19. The van der Waals surface area contributed by atoms with Gasteiger partial charge in [0, 0.05) is 6.42 Å². The Morgan fingerprint density at radius 3 is 1.48 bits per heavy atom. The normalized spacial score (nSPS) is 13.6. The van der Waals surface area contributed by atoms with Crippen molar-refractivity contribution in [1.82, 2.24) is 5.32 Å². The van der Waals surface area contributed by atoms with Crippen molar-refractivity contribution in [3.05, 3.63) is 36.5 Å². The summed E-state index contributed by atoms with van der Waals surface area (Å²) in [6.45, 7) is 4.24. The Hall–Kier alpha value is -1.39. The molecule has 1 amide bonds. The van der Waals surface area contributed by atoms with Gasteiger partial charge in [0.1, 0.15) is 0 Å². The van der Waals surface area contributed by atoms with Crippen molar-refractivity contribution in [3.63, 3.8) is 0 Å². The first-order valence-corrected chi connectivity index (χ1v) is 17.2. The number of amides is 1. The molecule has 0 rings (SSSR count). The van der Waals surface area contributed by atoms with E-state index in [0.717, 1.165) is 44.9 Å². The van der Waals surface area contributed by atoms with Crippen LogP contribution >= 0.6 is 0 Å². The van der Waals surface area contributed by atoms with Gasteiger partial charge in [0.2, 0.25) is 5.91 Å². The number of allylic oxidation sites excluding steroid dienone is 5. The van der Waals surface area contributed by atoms with E-state index in [4.69, 9.17) is 0 Å². The van der Waals surface area contributed by atoms with Gasteiger partial charge < -0.3 is 15.5 Å². The summed E-state index contributed by atoms with van der Waals surface area (Å²) in [7, 11) is 0. The molecule has 0 aliphatic rings. The third-order valence-corrected chi connectivity index (χ3v) is 7.60. The van der Waals surface area contributed by atoms with E-state index in [1.165, 1.54) is 103 Å². The lowest BCUT2D eigenvalue weighted by molar-refractivity contribution is -0.123. The molecule has 40 heavy (non-hydrogen) atoms. The number of aliphatic hydroxyl groups excluding tert-OH is 2. The summed E-state index contributed by atoms with van der Waals surface area (Å²) in [5.41, 5.74) is 0. The minimum Gasteiger partial charge on any atom is -0.394 e. The highest BCUT2D eigenvalue weighted by Crippen LogP contribution is 2.12. The molecule has 234 valence electrons. The Bertz CT molecular complexity index is 613. The van der Waals surface area contributed by atoms with Crippen LogP contribution in [0.15, 0.2) is 36.5 Å². The second kappa shape index (κ2) is 32.1. The van der Waals surface area contributed by atoms with Crippen molar-refractivity contribution in [2.45, 2.75) is 180 Å². The van der Waals surface area contributed by atoms with Crippen molar-refractivity contribution < 1.29 is 15.0 Å². The van der Waals surface area contributed by atoms with Crippen molar-refractivity contribution in [1.29, 1.82) is 0 Å². The summed E-state index contributed by atoms with van der Waals surface area (Å²) in [6.07, 6.45) is 40.8. The summed E-state index contributed by atoms with van der Waals surface area (Å²) in [4.78, 5) is 12.3. The van der Waals surface area contributed by atoms with Crippen LogP contribution in [0.5, 0.6) is 0 Å². The molecule has 0 aromatic rings. The molecule has 4 nitrogen and oxygen atoms in total. The first-order chi connectivity index (χ1) is 19.7. The zero-order valence-corrected chi connectivity index (χ0v) is 26.6. The number of rotatable bonds is 30. The number of hydrogen-bond donors (Lipinski definition) is 3. The fraction of sp³-hybridized carbons (Fsp3) is 0.806. The Morgan fingerprint density at radius 2 is 0.975 bits per heavy atom. The molecule has 0 radical (unpaired) electrons. The zero-order valence-electron chi connectivity index (χ0n) is 26.6. The lowest BCUT2D eigenvalue weighted by Gasteiger charge is -2.19. The van der Waals surface area contributed by atoms with Crippen LogP contribution in [0.1, 0.15) is 168 Å². The molecular formula is C36H67NO3. The van der Waals surface area contributed by atoms with Gasteiger partial charge in [-0.15, -0.1) is 0 Å². The minimum absolute atomic E-state index is 0.0862. The second-order valence-corrected chi connectivity index (χ2v) is 11.6. The van der Waals surface area contributed by atoms with Crippen LogP contribution in [0.2, 0.25) is 0 Å². The van der Waals surface area contributed by atoms with Gasteiger partial charge >= 0.3 is 0 Å². The molecule has 0 heterocycles. The van der Waals surface area contributed by atoms with Gasteiger partial charge in [-0.3, -0.25) is 4.79 Å². The lowest BCUT2D eigenvalue weighted by Crippen LogP contribution is -2.45. The molecule has 0 aromatic heterocycles. The van der Waals surface area contributed by atoms with E-state index in [0.29, 0.717) is 6.42 Å². The van der Waals surface area contributed by atoms with E-state index in [2.05, 4.69) is 43.5 Å². The maximum Gasteiger partial charge on any atom is 0.220 e. The molecule has 0 aliphatic heterocycles. The first-order valence-electron chi connectivity index (χ1n) is 17.2. The predicted octanol–water partition coefficient (Wildman–Crippen LogP) is 9.90. The Kier molecular flexibility index (Phi) is 31.0. The maximum absolute atomic E-state index is 12.3. The predicted molar refractivity (Wildman–Crippen MR) is 175 cm³/mol. The van der Waals surface area contributed by atoms with E-state index in [1.54, 1.807) is 6.08 Å². The molecule has 0 aliphatic carbocycles. The molecule has 0 saturated heterocycles. The topological polar surface area (TPSA) is 69.6 Å². The third kappa shape index (κ3) is 28.1. The zero-order chi connectivity index (χ0) is 29.4. The van der Waals surface area contributed by atoms with Crippen LogP contribution < -0.4 is 5.32 Å². The summed E-state index contributed by atoms with van der Waals surface area (Å²) in [5, 5.41) is 22.7. The SMILES string of the molecule is CCCCCC/C=C/CC/C=C/C(O)C(CO)NC(=O)CCCCCCC/C=C\CCCCCCCCCCC. The molecular weight excluding hydrogens is 494 g/mol. The second-order valence-electron chi connectivity index (χ2n) is 11.6. The summed E-state index contributed by atoms with van der Waals surface area (Å²) < 4.78 is 0. The highest BCUT2D eigenvalue weighted by molar-refractivity contribution is 5.76. The van der Waals surface area contributed by atoms with Gasteiger partial charge in [-0.2, -0.15) is 0 Å². The van der Waals surface area contributed by atoms with Gasteiger partial charge in [0.15, 0.2) is 0 Å². The van der Waals surface area contributed by atoms with E-state index >= 15 is 0 Å². The summed E-state index contributed by atoms with van der Waals surface area (Å²) >= 11 is 0. The number of nitrogens with one attached hydrogen (secondary N) is 1. The standard InChI is InChI=1S/C36H67NO3/c1-3-5-7-9-11-13-15-16-17-18-19-20-21-22-24-26-28-30-32-36(40)37-34(33-38)35(39)31-29-27-25-23-14-12-10-8-6-4-2/h14,19-20,23,29,31,34-35,38-39H,3-13,15-18,21-22,24-28,30,32-33H2,1-2H3,(H,37,40)/b20-19-,23-14+,31-29+. The van der Waals surface area contributed by atoms with Crippen molar-refractivity contribution in [2.24, 2.45) is 0 Å². The maximum atomic E-state index is 12.3. The molecule has 2 atom stereocenters. The monoisotopic (exact) mass is 562 g/mol. The van der Waals surface area contributed by atoms with Crippen molar-refractivity contribution in [3.8, 4) is 0 Å². The van der Waals surface area contributed by atoms with Gasteiger partial charge in [-0.1, -0.05) is 140 Å². The van der Waals surface area contributed by atoms with Crippen molar-refractivity contribution in [2.75, 3.05) is 6.61 Å². The molecule has 4 heteroatoms. The Morgan fingerprint density at radius 1 is 0.575 bits per heavy atom. The van der Waals surface area contributed by atoms with E-state index in [1.807, 2.05) is 6.08 Å². The average molecular weight is 562 g/mol. The van der Waals surface area contributed by atoms with E-state index < -0.39 is 12.1 Å². The van der Waals surface area contributed by atoms with E-state index in [-0.39, 0.29) is 12.5 Å². The first kappa shape index (κ1) is 38.6. The summed E-state index contributed by atoms with van der Waals surface area (Å²) in [6, 6.07) is -0.639. The quantitative estimate of drug-likeness (QED) is 0.0603. The van der Waals surface area contributed by atoms with Crippen LogP contribution in [0, 0.1) is 0 Å². The fourth-order valence-electron chi connectivity index (χ4n) is 4.89. The molecule has 2 unspecified atom stereocenters. The molecule has 0 aromatic carbocycles. The highest BCUT2D eigenvalue weighted by atomic mass is 16.3. The largest absolute Gasteiger partial charge is 0.394 e. The number of hydrogen-bond acceptors (Lipinski definition) is 3. The lowest BCUT2D eigenvalue weighted by atomic mass is 10.1. The fourth-order valence-corrected chi connectivity index (χ4v) is 4.89. The Balaban J connectivity index is 3.66. The molecule has 3 N–H and O–H groups in total. The third-order valence-electron chi connectivity index (χ3n) is 7.60. The van der Waals surface area contributed by atoms with Gasteiger partial charge in [0.25, 0.3) is 0 Å². The highest BCUT2D eigenvalue weighted by Gasteiger charge is 2.17. The molecule has 0 saturated carbocycles. The molecule has 0 fully saturated rings. The van der Waals surface area contributed by atoms with Crippen LogP contribution in [-0.2, 0) is 4.79 Å². The number of carbonyl (C=O) groups excluding carboxylic acids is 1. The number of aliphatic hydroxyl groups is 2. The van der Waals surface area contributed by atoms with Gasteiger partial charge in [-0.05, 0) is 57.8 Å². The van der Waals surface area contributed by atoms with Crippen LogP contribution in [0.25, 0.3) is 0 Å². The summed E-state index contributed by atoms with van der Waals surface area (Å²) in [5.74, 6) is -0.0862. The van der Waals surface area contributed by atoms with E-state index in [9.17, 15) is 15.0 Å². The van der Waals surface area contributed by atoms with Crippen LogP contribution in [0.3, 0.4) is 0 Å².